The van der Waals surface area contributed by atoms with E-state index in [2.05, 4.69) is 0 Å². The molecular weight excluding hydrogens is 660 g/mol. The number of amides is 4. The second kappa shape index (κ2) is 12.4. The zero-order valence-electron chi connectivity index (χ0n) is 26.4. The third-order valence-electron chi connectivity index (χ3n) is 10.7. The number of anilines is 1. The average molecular weight is 693 g/mol. The molecule has 3 aromatic carbocycles. The van der Waals surface area contributed by atoms with E-state index in [1.807, 2.05) is 72.1 Å². The number of imide groups is 2. The third kappa shape index (κ3) is 4.81. The van der Waals surface area contributed by atoms with E-state index in [1.165, 1.54) is 21.1 Å². The number of fused-ring (bicyclic) bond motifs is 4. The van der Waals surface area contributed by atoms with Crippen LogP contribution in [0.5, 0.6) is 5.75 Å². The summed E-state index contributed by atoms with van der Waals surface area (Å²) in [5.41, 5.74) is 1.19. The zero-order chi connectivity index (χ0) is 33.9. The van der Waals surface area contributed by atoms with Crippen molar-refractivity contribution in [2.45, 2.75) is 30.7 Å². The largest absolute Gasteiger partial charge is 0.491 e. The highest BCUT2D eigenvalue weighted by Gasteiger charge is 2.70. The number of para-hydroxylation sites is 1. The number of hydrogen-bond donors (Lipinski definition) is 1. The molecular formula is C39H33ClN2O6S. The van der Waals surface area contributed by atoms with Crippen LogP contribution in [0.25, 0.3) is 0 Å². The van der Waals surface area contributed by atoms with E-state index >= 15 is 4.79 Å². The fourth-order valence-corrected chi connectivity index (χ4v) is 9.75. The van der Waals surface area contributed by atoms with Crippen molar-refractivity contribution < 1.29 is 29.0 Å². The van der Waals surface area contributed by atoms with Gasteiger partial charge in [-0.15, -0.1) is 11.3 Å². The Morgan fingerprint density at radius 1 is 0.878 bits per heavy atom. The molecule has 2 saturated heterocycles. The molecule has 0 radical (unpaired) electrons. The highest BCUT2D eigenvalue weighted by atomic mass is 35.5. The van der Waals surface area contributed by atoms with Crippen molar-refractivity contribution in [1.29, 1.82) is 0 Å². The summed E-state index contributed by atoms with van der Waals surface area (Å²) in [5.74, 6) is -3.99. The standard InChI is InChI=1S/C39H33ClN2O6S/c40-24-10-6-11-25(20-24)42-36(45)31-21-30-27(15-16-29-33(30)37(46)41(35(29)44)22-26-12-7-19-49-26)34(28-13-4-5-14-32(28)48-18-17-43)39(31,38(42)47)23-8-2-1-3-9-23/h1-15,19-20,29-31,33-34,43H,16-18,21-22H2/t29-,30+,31-,33-,34+,39+/m0/s1. The van der Waals surface area contributed by atoms with Gasteiger partial charge in [-0.3, -0.25) is 24.1 Å². The van der Waals surface area contributed by atoms with Crippen LogP contribution in [-0.2, 0) is 31.1 Å². The minimum absolute atomic E-state index is 0.0326. The number of aliphatic hydroxyl groups excluding tert-OH is 1. The van der Waals surface area contributed by atoms with Crippen molar-refractivity contribution in [3.63, 3.8) is 0 Å². The molecule has 248 valence electrons. The maximum absolute atomic E-state index is 15.4. The molecule has 0 bridgehead atoms. The average Bonchev–Trinajstić information content (AvgIpc) is 3.78. The maximum Gasteiger partial charge on any atom is 0.246 e. The van der Waals surface area contributed by atoms with Crippen LogP contribution in [0.3, 0.4) is 0 Å². The number of allylic oxidation sites excluding steroid dienone is 2. The number of carbonyl (C=O) groups excluding carboxylic acids is 4. The van der Waals surface area contributed by atoms with Crippen LogP contribution < -0.4 is 9.64 Å². The number of halogens is 1. The van der Waals surface area contributed by atoms with Crippen LogP contribution in [0.2, 0.25) is 5.02 Å². The van der Waals surface area contributed by atoms with Gasteiger partial charge in [0.1, 0.15) is 12.4 Å². The van der Waals surface area contributed by atoms with Crippen LogP contribution in [0.15, 0.2) is 108 Å². The maximum atomic E-state index is 15.4. The molecule has 8 rings (SSSR count). The number of likely N-dealkylation sites (tertiary alicyclic amines) is 1. The van der Waals surface area contributed by atoms with E-state index in [0.29, 0.717) is 34.0 Å². The second-order valence-electron chi connectivity index (χ2n) is 13.0. The van der Waals surface area contributed by atoms with E-state index < -0.39 is 35.0 Å². The lowest BCUT2D eigenvalue weighted by molar-refractivity contribution is -0.141. The number of hydrogen-bond acceptors (Lipinski definition) is 7. The monoisotopic (exact) mass is 692 g/mol. The lowest BCUT2D eigenvalue weighted by atomic mass is 9.49. The van der Waals surface area contributed by atoms with Gasteiger partial charge in [-0.2, -0.15) is 0 Å². The molecule has 1 saturated carbocycles. The summed E-state index contributed by atoms with van der Waals surface area (Å²) in [6.45, 7) is 0.0328. The summed E-state index contributed by atoms with van der Waals surface area (Å²) >= 11 is 7.90. The molecule has 4 aromatic rings. The Morgan fingerprint density at radius 3 is 2.43 bits per heavy atom. The van der Waals surface area contributed by atoms with E-state index in [-0.39, 0.29) is 49.8 Å². The van der Waals surface area contributed by atoms with Crippen molar-refractivity contribution in [3.05, 3.63) is 129 Å². The summed E-state index contributed by atoms with van der Waals surface area (Å²) in [7, 11) is 0. The molecule has 49 heavy (non-hydrogen) atoms. The topological polar surface area (TPSA) is 104 Å². The molecule has 0 unspecified atom stereocenters. The zero-order valence-corrected chi connectivity index (χ0v) is 28.0. The molecule has 10 heteroatoms. The molecule has 0 spiro atoms. The van der Waals surface area contributed by atoms with Gasteiger partial charge in [0.05, 0.1) is 42.0 Å². The molecule has 4 aliphatic rings. The Balaban J connectivity index is 1.35. The van der Waals surface area contributed by atoms with Crippen molar-refractivity contribution in [2.24, 2.45) is 23.7 Å². The Bertz CT molecular complexity index is 2000. The third-order valence-corrected chi connectivity index (χ3v) is 11.8. The number of aliphatic hydroxyl groups is 1. The van der Waals surface area contributed by atoms with Crippen LogP contribution in [-0.4, -0.2) is 46.8 Å². The fourth-order valence-electron chi connectivity index (χ4n) is 8.87. The van der Waals surface area contributed by atoms with Crippen molar-refractivity contribution >= 4 is 52.3 Å². The van der Waals surface area contributed by atoms with Gasteiger partial charge in [-0.1, -0.05) is 83.9 Å². The summed E-state index contributed by atoms with van der Waals surface area (Å²) in [6, 6.07) is 27.3. The van der Waals surface area contributed by atoms with Gasteiger partial charge in [-0.05, 0) is 60.0 Å². The Morgan fingerprint density at radius 2 is 1.67 bits per heavy atom. The van der Waals surface area contributed by atoms with Gasteiger partial charge in [0.15, 0.2) is 0 Å². The lowest BCUT2D eigenvalue weighted by Gasteiger charge is -2.51. The van der Waals surface area contributed by atoms with Gasteiger partial charge >= 0.3 is 0 Å². The first-order valence-electron chi connectivity index (χ1n) is 16.5. The molecule has 3 heterocycles. The van der Waals surface area contributed by atoms with Crippen LogP contribution >= 0.6 is 22.9 Å². The highest BCUT2D eigenvalue weighted by Crippen LogP contribution is 2.65. The molecule has 2 aliphatic carbocycles. The van der Waals surface area contributed by atoms with Gasteiger partial charge in [0, 0.05) is 21.4 Å². The summed E-state index contributed by atoms with van der Waals surface area (Å²) in [6.07, 6.45) is 2.60. The highest BCUT2D eigenvalue weighted by molar-refractivity contribution is 7.09. The van der Waals surface area contributed by atoms with Crippen molar-refractivity contribution in [3.8, 4) is 5.75 Å². The predicted octanol–water partition coefficient (Wildman–Crippen LogP) is 6.14. The first-order valence-corrected chi connectivity index (χ1v) is 17.7. The molecule has 4 amide bonds. The number of nitrogens with zero attached hydrogens (tertiary/aromatic N) is 2. The first kappa shape index (κ1) is 31.7. The molecule has 8 nitrogen and oxygen atoms in total. The number of benzene rings is 3. The Hall–Kier alpha value is -4.57. The quantitative estimate of drug-likeness (QED) is 0.176. The van der Waals surface area contributed by atoms with E-state index in [0.717, 1.165) is 10.5 Å². The van der Waals surface area contributed by atoms with E-state index in [9.17, 15) is 19.5 Å². The van der Waals surface area contributed by atoms with Crippen LogP contribution in [0.4, 0.5) is 5.69 Å². The molecule has 3 fully saturated rings. The number of carbonyl (C=O) groups is 4. The number of ether oxygens (including phenoxy) is 1. The van der Waals surface area contributed by atoms with Crippen LogP contribution in [0, 0.1) is 23.7 Å². The van der Waals surface area contributed by atoms with Crippen molar-refractivity contribution in [2.75, 3.05) is 18.1 Å². The Kier molecular flexibility index (Phi) is 8.01. The molecule has 6 atom stereocenters. The number of thiophene rings is 1. The summed E-state index contributed by atoms with van der Waals surface area (Å²) in [4.78, 5) is 62.0. The van der Waals surface area contributed by atoms with Crippen LogP contribution in [0.1, 0.15) is 34.8 Å². The van der Waals surface area contributed by atoms with Crippen molar-refractivity contribution in [1.82, 2.24) is 4.90 Å². The van der Waals surface area contributed by atoms with Gasteiger partial charge in [0.2, 0.25) is 23.6 Å². The minimum Gasteiger partial charge on any atom is -0.491 e. The smallest absolute Gasteiger partial charge is 0.246 e. The molecule has 2 aliphatic heterocycles. The van der Waals surface area contributed by atoms with Gasteiger partial charge in [0.25, 0.3) is 0 Å². The predicted molar refractivity (Wildman–Crippen MR) is 185 cm³/mol. The summed E-state index contributed by atoms with van der Waals surface area (Å²) in [5, 5.41) is 12.0. The first-order chi connectivity index (χ1) is 23.9. The van der Waals surface area contributed by atoms with E-state index in [1.54, 1.807) is 30.3 Å². The lowest BCUT2D eigenvalue weighted by Crippen LogP contribution is -2.53. The normalized spacial score (nSPS) is 27.6. The van der Waals surface area contributed by atoms with Gasteiger partial charge in [-0.25, -0.2) is 4.90 Å². The fraction of sp³-hybridized carbons (Fsp3) is 0.282. The van der Waals surface area contributed by atoms with Gasteiger partial charge < -0.3 is 9.84 Å². The molecule has 1 aromatic heterocycles. The molecule has 1 N–H and O–H groups in total. The summed E-state index contributed by atoms with van der Waals surface area (Å²) < 4.78 is 6.11. The van der Waals surface area contributed by atoms with E-state index in [4.69, 9.17) is 16.3 Å². The number of rotatable bonds is 8. The second-order valence-corrected chi connectivity index (χ2v) is 14.5. The minimum atomic E-state index is -1.41. The SMILES string of the molecule is O=C1[C@H]2[C@H](CC=C3[C@H]2C[C@H]2C(=O)N(c4cccc(Cl)c4)C(=O)[C@@]2(c2ccccc2)[C@H]3c2ccccc2OCCO)C(=O)N1Cc1cccs1. The Labute approximate surface area is 292 Å².